The topological polar surface area (TPSA) is 77.4 Å². The van der Waals surface area contributed by atoms with Crippen molar-refractivity contribution in [3.05, 3.63) is 93.6 Å². The molecule has 0 radical (unpaired) electrons. The second-order valence-corrected chi connectivity index (χ2v) is 11.4. The van der Waals surface area contributed by atoms with Crippen molar-refractivity contribution < 1.29 is 13.2 Å². The van der Waals surface area contributed by atoms with E-state index >= 15 is 0 Å². The van der Waals surface area contributed by atoms with E-state index in [2.05, 4.69) is 18.6 Å². The van der Waals surface area contributed by atoms with Crippen LogP contribution in [0, 0.1) is 5.92 Å². The highest BCUT2D eigenvalue weighted by atomic mass is 32.2. The fourth-order valence-electron chi connectivity index (χ4n) is 3.94. The fourth-order valence-corrected chi connectivity index (χ4v) is 6.21. The first-order valence-electron chi connectivity index (χ1n) is 11.1. The fraction of sp³-hybridized carbons (Fsp3) is 0.269. The van der Waals surface area contributed by atoms with Gasteiger partial charge in [0.15, 0.2) is 0 Å². The number of nitrogens with zero attached hydrogens (tertiary/aromatic N) is 1. The van der Waals surface area contributed by atoms with Crippen LogP contribution in [0.4, 0.5) is 0 Å². The molecule has 0 aliphatic rings. The minimum Gasteiger partial charge on any atom is -0.497 e. The van der Waals surface area contributed by atoms with Crippen LogP contribution in [-0.2, 0) is 16.6 Å². The van der Waals surface area contributed by atoms with Gasteiger partial charge >= 0.3 is 4.87 Å². The third-order valence-electron chi connectivity index (χ3n) is 5.66. The average Bonchev–Trinajstić information content (AvgIpc) is 3.13. The average molecular weight is 497 g/mol. The van der Waals surface area contributed by atoms with E-state index in [0.29, 0.717) is 17.7 Å². The number of hydrogen-bond donors (Lipinski definition) is 1. The highest BCUT2D eigenvalue weighted by molar-refractivity contribution is 7.89. The molecule has 178 valence electrons. The first-order chi connectivity index (χ1) is 16.3. The second-order valence-electron chi connectivity index (χ2n) is 8.65. The van der Waals surface area contributed by atoms with Crippen molar-refractivity contribution in [1.29, 1.82) is 0 Å². The molecular formula is C26H28N2O4S2. The molecule has 6 nitrogen and oxygen atoms in total. The summed E-state index contributed by atoms with van der Waals surface area (Å²) in [5.74, 6) is 1.00. The van der Waals surface area contributed by atoms with E-state index in [1.54, 1.807) is 29.9 Å². The minimum atomic E-state index is -3.81. The van der Waals surface area contributed by atoms with Crippen molar-refractivity contribution in [2.75, 3.05) is 7.11 Å². The zero-order valence-electron chi connectivity index (χ0n) is 19.4. The Hall–Kier alpha value is -2.94. The molecule has 1 heterocycles. The third-order valence-corrected chi connectivity index (χ3v) is 8.07. The predicted octanol–water partition coefficient (Wildman–Crippen LogP) is 5.19. The zero-order chi connectivity index (χ0) is 24.3. The lowest BCUT2D eigenvalue weighted by molar-refractivity contribution is 0.414. The number of aromatic nitrogens is 1. The van der Waals surface area contributed by atoms with Gasteiger partial charge in [0.1, 0.15) is 5.75 Å². The molecular weight excluding hydrogens is 468 g/mol. The maximum Gasteiger partial charge on any atom is 0.308 e. The first kappa shape index (κ1) is 24.2. The Morgan fingerprint density at radius 3 is 2.35 bits per heavy atom. The maximum atomic E-state index is 13.3. The highest BCUT2D eigenvalue weighted by Crippen LogP contribution is 2.27. The Morgan fingerprint density at radius 2 is 1.71 bits per heavy atom. The summed E-state index contributed by atoms with van der Waals surface area (Å²) in [6, 6.07) is 21.6. The summed E-state index contributed by atoms with van der Waals surface area (Å²) in [6.07, 6.45) is 0.647. The van der Waals surface area contributed by atoms with Gasteiger partial charge in [-0.05, 0) is 53.8 Å². The Labute approximate surface area is 203 Å². The largest absolute Gasteiger partial charge is 0.497 e. The molecule has 34 heavy (non-hydrogen) atoms. The number of ether oxygens (including phenoxy) is 1. The lowest BCUT2D eigenvalue weighted by Gasteiger charge is -2.21. The molecule has 0 saturated heterocycles. The predicted molar refractivity (Wildman–Crippen MR) is 137 cm³/mol. The molecule has 0 saturated carbocycles. The van der Waals surface area contributed by atoms with Crippen LogP contribution in [-0.4, -0.2) is 20.1 Å². The van der Waals surface area contributed by atoms with Crippen LogP contribution < -0.4 is 14.3 Å². The number of thiazole rings is 1. The molecule has 0 fully saturated rings. The van der Waals surface area contributed by atoms with E-state index in [4.69, 9.17) is 4.74 Å². The van der Waals surface area contributed by atoms with E-state index < -0.39 is 10.0 Å². The monoisotopic (exact) mass is 496 g/mol. The molecule has 3 aromatic carbocycles. The summed E-state index contributed by atoms with van der Waals surface area (Å²) in [6.45, 7) is 4.56. The van der Waals surface area contributed by atoms with Crippen LogP contribution in [0.5, 0.6) is 5.75 Å². The normalized spacial score (nSPS) is 12.8. The van der Waals surface area contributed by atoms with Gasteiger partial charge in [-0.3, -0.25) is 9.36 Å². The molecule has 1 unspecified atom stereocenters. The van der Waals surface area contributed by atoms with Crippen molar-refractivity contribution in [1.82, 2.24) is 9.29 Å². The first-order valence-corrected chi connectivity index (χ1v) is 13.4. The number of sulfonamides is 1. The van der Waals surface area contributed by atoms with E-state index in [0.717, 1.165) is 33.7 Å². The minimum absolute atomic E-state index is 0.114. The molecule has 1 aromatic heterocycles. The molecule has 8 heteroatoms. The molecule has 0 aliphatic heterocycles. The Kier molecular flexibility index (Phi) is 7.21. The lowest BCUT2D eigenvalue weighted by Crippen LogP contribution is -2.29. The van der Waals surface area contributed by atoms with Gasteiger partial charge in [-0.15, -0.1) is 0 Å². The number of fused-ring (bicyclic) bond motifs is 1. The molecule has 0 spiro atoms. The molecule has 1 N–H and O–H groups in total. The number of rotatable bonds is 9. The van der Waals surface area contributed by atoms with Crippen molar-refractivity contribution in [2.45, 2.75) is 37.8 Å². The molecule has 0 bridgehead atoms. The SMILES string of the molecule is COc1ccc(C(CC(C)C)NS(=O)(=O)c2ccc3c(c2)sc(=O)n3Cc2ccccc2)cc1. The van der Waals surface area contributed by atoms with E-state index in [-0.39, 0.29) is 21.7 Å². The lowest BCUT2D eigenvalue weighted by atomic mass is 9.98. The molecule has 1 atom stereocenters. The molecule has 4 aromatic rings. The van der Waals surface area contributed by atoms with E-state index in [9.17, 15) is 13.2 Å². The van der Waals surface area contributed by atoms with Gasteiger partial charge in [0.05, 0.1) is 28.8 Å². The van der Waals surface area contributed by atoms with Gasteiger partial charge < -0.3 is 4.74 Å². The van der Waals surface area contributed by atoms with E-state index in [1.807, 2.05) is 54.6 Å². The molecule has 0 amide bonds. The molecule has 0 aliphatic carbocycles. The summed E-state index contributed by atoms with van der Waals surface area (Å²) in [5, 5.41) is 0. The Bertz CT molecular complexity index is 1420. The van der Waals surface area contributed by atoms with Crippen molar-refractivity contribution in [3.63, 3.8) is 0 Å². The Morgan fingerprint density at radius 1 is 1.00 bits per heavy atom. The van der Waals surface area contributed by atoms with Crippen LogP contribution in [0.2, 0.25) is 0 Å². The van der Waals surface area contributed by atoms with Gasteiger partial charge in [-0.2, -0.15) is 0 Å². The van der Waals surface area contributed by atoms with E-state index in [1.165, 1.54) is 0 Å². The van der Waals surface area contributed by atoms with Gasteiger partial charge in [0.25, 0.3) is 0 Å². The summed E-state index contributed by atoms with van der Waals surface area (Å²) < 4.78 is 37.1. The summed E-state index contributed by atoms with van der Waals surface area (Å²) in [4.78, 5) is 12.7. The maximum absolute atomic E-state index is 13.3. The van der Waals surface area contributed by atoms with Gasteiger partial charge in [0.2, 0.25) is 10.0 Å². The van der Waals surface area contributed by atoms with Gasteiger partial charge in [0, 0.05) is 6.04 Å². The van der Waals surface area contributed by atoms with Gasteiger partial charge in [-0.1, -0.05) is 67.6 Å². The van der Waals surface area contributed by atoms with Crippen molar-refractivity contribution in [3.8, 4) is 5.75 Å². The van der Waals surface area contributed by atoms with Crippen LogP contribution >= 0.6 is 11.3 Å². The number of methoxy groups -OCH3 is 1. The quantitative estimate of drug-likeness (QED) is 0.346. The summed E-state index contributed by atoms with van der Waals surface area (Å²) >= 11 is 1.06. The third kappa shape index (κ3) is 5.41. The highest BCUT2D eigenvalue weighted by Gasteiger charge is 2.23. The van der Waals surface area contributed by atoms with Crippen LogP contribution in [0.3, 0.4) is 0 Å². The Balaban J connectivity index is 1.64. The van der Waals surface area contributed by atoms with Gasteiger partial charge in [-0.25, -0.2) is 13.1 Å². The second kappa shape index (κ2) is 10.1. The van der Waals surface area contributed by atoms with Crippen molar-refractivity contribution >= 4 is 31.6 Å². The smallest absolute Gasteiger partial charge is 0.308 e. The van der Waals surface area contributed by atoms with Crippen molar-refractivity contribution in [2.24, 2.45) is 5.92 Å². The van der Waals surface area contributed by atoms with Crippen LogP contribution in [0.25, 0.3) is 10.2 Å². The molecule has 4 rings (SSSR count). The summed E-state index contributed by atoms with van der Waals surface area (Å²) in [5.41, 5.74) is 2.61. The standard InChI is InChI=1S/C26H28N2O4S2/c1-18(2)15-23(20-9-11-21(32-3)12-10-20)27-34(30,31)22-13-14-24-25(16-22)33-26(29)28(24)17-19-7-5-4-6-8-19/h4-14,16,18,23,27H,15,17H2,1-3H3. The number of benzene rings is 3. The number of hydrogen-bond acceptors (Lipinski definition) is 5. The number of nitrogens with one attached hydrogen (secondary N) is 1. The van der Waals surface area contributed by atoms with Crippen LogP contribution in [0.1, 0.15) is 37.4 Å². The van der Waals surface area contributed by atoms with Crippen LogP contribution in [0.15, 0.2) is 82.5 Å². The zero-order valence-corrected chi connectivity index (χ0v) is 21.0. The summed E-state index contributed by atoms with van der Waals surface area (Å²) in [7, 11) is -2.21.